The van der Waals surface area contributed by atoms with Gasteiger partial charge in [-0.05, 0) is 25.7 Å². The van der Waals surface area contributed by atoms with Gasteiger partial charge in [0.2, 0.25) is 5.91 Å². The lowest BCUT2D eigenvalue weighted by molar-refractivity contribution is -0.132. The molecule has 0 aliphatic carbocycles. The minimum atomic E-state index is 0.210. The van der Waals surface area contributed by atoms with Crippen LogP contribution in [0.15, 0.2) is 0 Å². The summed E-state index contributed by atoms with van der Waals surface area (Å²) in [6.07, 6.45) is 5.41. The highest BCUT2D eigenvalue weighted by atomic mass is 16.2. The van der Waals surface area contributed by atoms with Crippen molar-refractivity contribution in [3.63, 3.8) is 0 Å². The maximum Gasteiger partial charge on any atom is 0.242 e. The Labute approximate surface area is 90.7 Å². The van der Waals surface area contributed by atoms with Gasteiger partial charge in [-0.15, -0.1) is 0 Å². The second kappa shape index (κ2) is 4.64. The summed E-state index contributed by atoms with van der Waals surface area (Å²) in [5, 5.41) is 7.67. The number of nitrogens with one attached hydrogen (secondary N) is 1. The molecule has 84 valence electrons. The molecule has 0 bridgehead atoms. The molecular weight excluding hydrogens is 190 g/mol. The van der Waals surface area contributed by atoms with Crippen molar-refractivity contribution in [1.29, 1.82) is 5.41 Å². The van der Waals surface area contributed by atoms with Gasteiger partial charge in [-0.25, -0.2) is 0 Å². The normalized spacial score (nSPS) is 22.3. The van der Waals surface area contributed by atoms with Gasteiger partial charge in [0.1, 0.15) is 0 Å². The van der Waals surface area contributed by atoms with Gasteiger partial charge in [-0.1, -0.05) is 0 Å². The van der Waals surface area contributed by atoms with Crippen LogP contribution in [0.5, 0.6) is 0 Å². The molecule has 0 saturated carbocycles. The van der Waals surface area contributed by atoms with Crippen molar-refractivity contribution in [3.8, 4) is 0 Å². The molecule has 2 rings (SSSR count). The molecule has 4 nitrogen and oxygen atoms in total. The highest BCUT2D eigenvalue weighted by Crippen LogP contribution is 2.12. The van der Waals surface area contributed by atoms with E-state index in [0.29, 0.717) is 12.4 Å². The van der Waals surface area contributed by atoms with Crippen LogP contribution in [0, 0.1) is 5.41 Å². The molecule has 0 atom stereocenters. The number of carbonyl (C=O) groups excluding carboxylic acids is 1. The van der Waals surface area contributed by atoms with Crippen LogP contribution < -0.4 is 0 Å². The molecule has 2 heterocycles. The summed E-state index contributed by atoms with van der Waals surface area (Å²) >= 11 is 0. The Bertz CT molecular complexity index is 259. The molecule has 1 N–H and O–H groups in total. The molecule has 15 heavy (non-hydrogen) atoms. The van der Waals surface area contributed by atoms with Gasteiger partial charge in [-0.3, -0.25) is 10.2 Å². The molecule has 4 heteroatoms. The van der Waals surface area contributed by atoms with E-state index in [0.717, 1.165) is 45.3 Å². The van der Waals surface area contributed by atoms with Gasteiger partial charge in [0, 0.05) is 26.1 Å². The first-order valence-electron chi connectivity index (χ1n) is 5.87. The van der Waals surface area contributed by atoms with Crippen LogP contribution in [0.2, 0.25) is 0 Å². The number of likely N-dealkylation sites (tertiary alicyclic amines) is 2. The Morgan fingerprint density at radius 1 is 1.13 bits per heavy atom. The molecule has 2 aliphatic rings. The molecule has 0 aromatic carbocycles. The Morgan fingerprint density at radius 2 is 1.87 bits per heavy atom. The Kier molecular flexibility index (Phi) is 3.23. The van der Waals surface area contributed by atoms with Crippen molar-refractivity contribution in [1.82, 2.24) is 9.80 Å². The number of rotatable bonds is 2. The minimum Gasteiger partial charge on any atom is -0.351 e. The van der Waals surface area contributed by atoms with Crippen LogP contribution in [0.3, 0.4) is 0 Å². The molecule has 0 spiro atoms. The molecule has 2 saturated heterocycles. The number of nitrogens with zero attached hydrogens (tertiary/aromatic N) is 2. The summed E-state index contributed by atoms with van der Waals surface area (Å²) in [5.74, 6) is 0.849. The van der Waals surface area contributed by atoms with Gasteiger partial charge in [-0.2, -0.15) is 0 Å². The van der Waals surface area contributed by atoms with Crippen molar-refractivity contribution >= 4 is 11.7 Å². The number of hydrogen-bond acceptors (Lipinski definition) is 2. The highest BCUT2D eigenvalue weighted by Gasteiger charge is 2.23. The van der Waals surface area contributed by atoms with Crippen LogP contribution in [0.1, 0.15) is 32.1 Å². The second-order valence-electron chi connectivity index (χ2n) is 4.41. The zero-order chi connectivity index (χ0) is 10.7. The average molecular weight is 209 g/mol. The van der Waals surface area contributed by atoms with Crippen LogP contribution in [-0.2, 0) is 4.79 Å². The smallest absolute Gasteiger partial charge is 0.242 e. The van der Waals surface area contributed by atoms with Crippen molar-refractivity contribution in [2.24, 2.45) is 0 Å². The van der Waals surface area contributed by atoms with Crippen LogP contribution in [0.4, 0.5) is 0 Å². The first-order valence-corrected chi connectivity index (χ1v) is 5.87. The number of piperidine rings is 1. The van der Waals surface area contributed by atoms with E-state index in [1.807, 2.05) is 9.80 Å². The van der Waals surface area contributed by atoms with Crippen molar-refractivity contribution in [2.75, 3.05) is 26.2 Å². The predicted molar refractivity (Wildman–Crippen MR) is 59.0 cm³/mol. The summed E-state index contributed by atoms with van der Waals surface area (Å²) < 4.78 is 0. The second-order valence-corrected chi connectivity index (χ2v) is 4.41. The molecule has 0 unspecified atom stereocenters. The number of carbonyl (C=O) groups is 1. The summed E-state index contributed by atoms with van der Waals surface area (Å²) in [5.41, 5.74) is 0. The molecular formula is C11H19N3O. The standard InChI is InChI=1S/C11H19N3O/c12-10-5-4-8-14(10)9-11(15)13-6-2-1-3-7-13/h12H,1-9H2. The number of amidine groups is 1. The lowest BCUT2D eigenvalue weighted by Crippen LogP contribution is -2.42. The van der Waals surface area contributed by atoms with Gasteiger partial charge < -0.3 is 9.80 Å². The van der Waals surface area contributed by atoms with E-state index >= 15 is 0 Å². The maximum atomic E-state index is 11.9. The van der Waals surface area contributed by atoms with Crippen LogP contribution in [0.25, 0.3) is 0 Å². The Hall–Kier alpha value is -1.06. The molecule has 0 aromatic heterocycles. The predicted octanol–water partition coefficient (Wildman–Crippen LogP) is 1.07. The fourth-order valence-electron chi connectivity index (χ4n) is 2.31. The van der Waals surface area contributed by atoms with Crippen LogP contribution >= 0.6 is 0 Å². The van der Waals surface area contributed by atoms with E-state index in [1.54, 1.807) is 0 Å². The molecule has 0 aromatic rings. The molecule has 2 fully saturated rings. The number of hydrogen-bond donors (Lipinski definition) is 1. The van der Waals surface area contributed by atoms with E-state index in [4.69, 9.17) is 5.41 Å². The molecule has 2 aliphatic heterocycles. The highest BCUT2D eigenvalue weighted by molar-refractivity contribution is 5.87. The van der Waals surface area contributed by atoms with E-state index in [2.05, 4.69) is 0 Å². The fraction of sp³-hybridized carbons (Fsp3) is 0.818. The van der Waals surface area contributed by atoms with Crippen molar-refractivity contribution in [3.05, 3.63) is 0 Å². The largest absolute Gasteiger partial charge is 0.351 e. The maximum absolute atomic E-state index is 11.9. The number of amides is 1. The Balaban J connectivity index is 1.82. The summed E-state index contributed by atoms with van der Waals surface area (Å²) in [6.45, 7) is 3.15. The summed E-state index contributed by atoms with van der Waals surface area (Å²) in [6, 6.07) is 0. The van der Waals surface area contributed by atoms with Crippen molar-refractivity contribution in [2.45, 2.75) is 32.1 Å². The van der Waals surface area contributed by atoms with Crippen LogP contribution in [-0.4, -0.2) is 47.7 Å². The van der Waals surface area contributed by atoms with E-state index in [9.17, 15) is 4.79 Å². The first kappa shape index (κ1) is 10.5. The van der Waals surface area contributed by atoms with E-state index < -0.39 is 0 Å². The third-order valence-corrected chi connectivity index (χ3v) is 3.26. The fourth-order valence-corrected chi connectivity index (χ4v) is 2.31. The molecule has 1 amide bonds. The van der Waals surface area contributed by atoms with Gasteiger partial charge >= 0.3 is 0 Å². The van der Waals surface area contributed by atoms with E-state index in [1.165, 1.54) is 6.42 Å². The Morgan fingerprint density at radius 3 is 2.47 bits per heavy atom. The average Bonchev–Trinajstić information content (AvgIpc) is 2.66. The van der Waals surface area contributed by atoms with Gasteiger partial charge in [0.25, 0.3) is 0 Å². The zero-order valence-corrected chi connectivity index (χ0v) is 9.17. The lowest BCUT2D eigenvalue weighted by atomic mass is 10.1. The summed E-state index contributed by atoms with van der Waals surface area (Å²) in [7, 11) is 0. The first-order chi connectivity index (χ1) is 7.27. The van der Waals surface area contributed by atoms with Gasteiger partial charge in [0.05, 0.1) is 12.4 Å². The SMILES string of the molecule is N=C1CCCN1CC(=O)N1CCCCC1. The van der Waals surface area contributed by atoms with Gasteiger partial charge in [0.15, 0.2) is 0 Å². The van der Waals surface area contributed by atoms with Crippen molar-refractivity contribution < 1.29 is 4.79 Å². The third kappa shape index (κ3) is 2.49. The quantitative estimate of drug-likeness (QED) is 0.739. The zero-order valence-electron chi connectivity index (χ0n) is 9.17. The monoisotopic (exact) mass is 209 g/mol. The minimum absolute atomic E-state index is 0.210. The molecule has 0 radical (unpaired) electrons. The lowest BCUT2D eigenvalue weighted by Gasteiger charge is -2.29. The topological polar surface area (TPSA) is 47.4 Å². The third-order valence-electron chi connectivity index (χ3n) is 3.26. The summed E-state index contributed by atoms with van der Waals surface area (Å²) in [4.78, 5) is 15.8. The van der Waals surface area contributed by atoms with E-state index in [-0.39, 0.29) is 5.91 Å².